The highest BCUT2D eigenvalue weighted by atomic mass is 16.4. The van der Waals surface area contributed by atoms with Crippen LogP contribution in [0.3, 0.4) is 0 Å². The zero-order valence-electron chi connectivity index (χ0n) is 10.3. The van der Waals surface area contributed by atoms with Crippen LogP contribution in [0.5, 0.6) is 0 Å². The number of hydrogen-bond acceptors (Lipinski definition) is 3. The maximum Gasteiger partial charge on any atom is 0.404 e. The summed E-state index contributed by atoms with van der Waals surface area (Å²) in [5.41, 5.74) is -0.304. The number of aliphatic imine (C=N–C) groups is 1. The van der Waals surface area contributed by atoms with E-state index in [1.165, 1.54) is 6.08 Å². The molecule has 0 aliphatic heterocycles. The lowest BCUT2D eigenvalue weighted by molar-refractivity contribution is 0.170. The van der Waals surface area contributed by atoms with Gasteiger partial charge in [0.15, 0.2) is 0 Å². The fraction of sp³-hybridized carbons (Fsp3) is 0.818. The lowest BCUT2D eigenvalue weighted by Gasteiger charge is -2.33. The van der Waals surface area contributed by atoms with E-state index in [1.807, 2.05) is 27.7 Å². The number of nitrogens with one attached hydrogen (secondary N) is 1. The number of nitrogens with zero attached hydrogens (tertiary/aromatic N) is 1. The van der Waals surface area contributed by atoms with E-state index in [9.17, 15) is 9.59 Å². The topological polar surface area (TPSA) is 78.8 Å². The molecule has 5 heteroatoms. The first-order valence-corrected chi connectivity index (χ1v) is 5.19. The normalized spacial score (nSPS) is 11.8. The SMILES string of the molecule is CC(C)(CN=C=O)CC(C)(C)CNC(=O)O. The summed E-state index contributed by atoms with van der Waals surface area (Å²) in [5, 5.41) is 10.9. The third kappa shape index (κ3) is 7.01. The van der Waals surface area contributed by atoms with E-state index in [2.05, 4.69) is 10.3 Å². The van der Waals surface area contributed by atoms with Gasteiger partial charge in [0, 0.05) is 6.54 Å². The van der Waals surface area contributed by atoms with Crippen molar-refractivity contribution in [2.45, 2.75) is 34.1 Å². The molecule has 0 bridgehead atoms. The second kappa shape index (κ2) is 5.66. The zero-order chi connectivity index (χ0) is 12.8. The summed E-state index contributed by atoms with van der Waals surface area (Å²) in [6.45, 7) is 8.75. The number of amides is 1. The van der Waals surface area contributed by atoms with Crippen LogP contribution in [0.2, 0.25) is 0 Å². The fourth-order valence-electron chi connectivity index (χ4n) is 1.98. The summed E-state index contributed by atoms with van der Waals surface area (Å²) in [7, 11) is 0. The molecule has 5 nitrogen and oxygen atoms in total. The Kier molecular flexibility index (Phi) is 5.18. The molecule has 16 heavy (non-hydrogen) atoms. The van der Waals surface area contributed by atoms with Gasteiger partial charge in [-0.25, -0.2) is 14.6 Å². The molecule has 0 aliphatic carbocycles. The van der Waals surface area contributed by atoms with Crippen LogP contribution < -0.4 is 5.32 Å². The van der Waals surface area contributed by atoms with E-state index < -0.39 is 6.09 Å². The van der Waals surface area contributed by atoms with Gasteiger partial charge in [0.05, 0.1) is 6.54 Å². The molecule has 0 rings (SSSR count). The molecule has 0 fully saturated rings. The molecule has 0 radical (unpaired) electrons. The maximum absolute atomic E-state index is 10.4. The van der Waals surface area contributed by atoms with E-state index in [4.69, 9.17) is 5.11 Å². The molecule has 92 valence electrons. The number of hydrogen-bond donors (Lipinski definition) is 2. The molecule has 0 aromatic heterocycles. The van der Waals surface area contributed by atoms with Gasteiger partial charge in [-0.05, 0) is 17.3 Å². The highest BCUT2D eigenvalue weighted by molar-refractivity contribution is 5.64. The monoisotopic (exact) mass is 228 g/mol. The Hall–Kier alpha value is -1.35. The largest absolute Gasteiger partial charge is 0.465 e. The Balaban J connectivity index is 4.31. The summed E-state index contributed by atoms with van der Waals surface area (Å²) < 4.78 is 0. The molecule has 0 aromatic rings. The average Bonchev–Trinajstić information content (AvgIpc) is 2.10. The smallest absolute Gasteiger partial charge is 0.404 e. The van der Waals surface area contributed by atoms with Crippen molar-refractivity contribution >= 4 is 12.2 Å². The molecule has 0 saturated carbocycles. The van der Waals surface area contributed by atoms with Gasteiger partial charge in [0.1, 0.15) is 0 Å². The van der Waals surface area contributed by atoms with Gasteiger partial charge >= 0.3 is 6.09 Å². The second-order valence-electron chi connectivity index (χ2n) is 5.57. The minimum atomic E-state index is -1.02. The quantitative estimate of drug-likeness (QED) is 0.539. The van der Waals surface area contributed by atoms with Crippen molar-refractivity contribution in [2.24, 2.45) is 15.8 Å². The molecule has 0 aromatic carbocycles. The minimum absolute atomic E-state index is 0.138. The van der Waals surface area contributed by atoms with Gasteiger partial charge < -0.3 is 10.4 Å². The van der Waals surface area contributed by atoms with Gasteiger partial charge in [-0.1, -0.05) is 27.7 Å². The third-order valence-electron chi connectivity index (χ3n) is 2.25. The average molecular weight is 228 g/mol. The standard InChI is InChI=1S/C11H20N2O3/c1-10(2,6-12-8-14)5-11(3,4)7-13-9(15)16/h13H,5-7H2,1-4H3,(H,15,16). The van der Waals surface area contributed by atoms with Crippen molar-refractivity contribution in [3.05, 3.63) is 0 Å². The Morgan fingerprint density at radius 1 is 1.31 bits per heavy atom. The third-order valence-corrected chi connectivity index (χ3v) is 2.25. The minimum Gasteiger partial charge on any atom is -0.465 e. The van der Waals surface area contributed by atoms with Crippen molar-refractivity contribution in [1.82, 2.24) is 5.32 Å². The van der Waals surface area contributed by atoms with Gasteiger partial charge in [-0.2, -0.15) is 0 Å². The van der Waals surface area contributed by atoms with E-state index in [1.54, 1.807) is 0 Å². The maximum atomic E-state index is 10.4. The van der Waals surface area contributed by atoms with E-state index in [0.717, 1.165) is 6.42 Å². The molecule has 0 unspecified atom stereocenters. The lowest BCUT2D eigenvalue weighted by Crippen LogP contribution is -2.36. The predicted molar refractivity (Wildman–Crippen MR) is 61.2 cm³/mol. The van der Waals surface area contributed by atoms with Crippen molar-refractivity contribution in [1.29, 1.82) is 0 Å². The van der Waals surface area contributed by atoms with Gasteiger partial charge in [-0.15, -0.1) is 0 Å². The Morgan fingerprint density at radius 2 is 1.88 bits per heavy atom. The van der Waals surface area contributed by atoms with E-state index in [0.29, 0.717) is 13.1 Å². The Bertz CT molecular complexity index is 292. The highest BCUT2D eigenvalue weighted by Gasteiger charge is 2.29. The first kappa shape index (κ1) is 14.6. The summed E-state index contributed by atoms with van der Waals surface area (Å²) in [6, 6.07) is 0. The summed E-state index contributed by atoms with van der Waals surface area (Å²) >= 11 is 0. The molecule has 0 aliphatic rings. The van der Waals surface area contributed by atoms with Gasteiger partial charge in [-0.3, -0.25) is 0 Å². The number of carboxylic acid groups (broad SMARTS) is 1. The number of isocyanates is 1. The van der Waals surface area contributed by atoms with Crippen molar-refractivity contribution in [3.8, 4) is 0 Å². The Morgan fingerprint density at radius 3 is 2.31 bits per heavy atom. The van der Waals surface area contributed by atoms with Crippen LogP contribution in [-0.2, 0) is 4.79 Å². The fourth-order valence-corrected chi connectivity index (χ4v) is 1.98. The molecule has 0 atom stereocenters. The van der Waals surface area contributed by atoms with Crippen LogP contribution >= 0.6 is 0 Å². The van der Waals surface area contributed by atoms with E-state index >= 15 is 0 Å². The van der Waals surface area contributed by atoms with Crippen LogP contribution in [0.4, 0.5) is 4.79 Å². The first-order valence-electron chi connectivity index (χ1n) is 5.19. The summed E-state index contributed by atoms with van der Waals surface area (Å²) in [4.78, 5) is 24.0. The molecule has 0 saturated heterocycles. The van der Waals surface area contributed by atoms with Crippen LogP contribution in [-0.4, -0.2) is 30.4 Å². The molecule has 2 N–H and O–H groups in total. The van der Waals surface area contributed by atoms with Crippen molar-refractivity contribution < 1.29 is 14.7 Å². The van der Waals surface area contributed by atoms with Crippen LogP contribution in [0.25, 0.3) is 0 Å². The molecular formula is C11H20N2O3. The van der Waals surface area contributed by atoms with Crippen LogP contribution in [0, 0.1) is 10.8 Å². The Labute approximate surface area is 96.0 Å². The number of carbonyl (C=O) groups excluding carboxylic acids is 1. The summed E-state index contributed by atoms with van der Waals surface area (Å²) in [6.07, 6.45) is 1.28. The van der Waals surface area contributed by atoms with Crippen molar-refractivity contribution in [2.75, 3.05) is 13.1 Å². The molecule has 0 heterocycles. The number of rotatable bonds is 6. The van der Waals surface area contributed by atoms with E-state index in [-0.39, 0.29) is 10.8 Å². The van der Waals surface area contributed by atoms with Gasteiger partial charge in [0.2, 0.25) is 6.08 Å². The first-order chi connectivity index (χ1) is 7.18. The molecule has 0 spiro atoms. The van der Waals surface area contributed by atoms with Crippen LogP contribution in [0.15, 0.2) is 4.99 Å². The number of carbonyl (C=O) groups is 1. The lowest BCUT2D eigenvalue weighted by atomic mass is 9.75. The molecule has 1 amide bonds. The predicted octanol–water partition coefficient (Wildman–Crippen LogP) is 2.03. The van der Waals surface area contributed by atoms with Gasteiger partial charge in [0.25, 0.3) is 0 Å². The van der Waals surface area contributed by atoms with Crippen molar-refractivity contribution in [3.63, 3.8) is 0 Å². The second-order valence-corrected chi connectivity index (χ2v) is 5.57. The summed E-state index contributed by atoms with van der Waals surface area (Å²) in [5.74, 6) is 0. The highest BCUT2D eigenvalue weighted by Crippen LogP contribution is 2.33. The zero-order valence-corrected chi connectivity index (χ0v) is 10.3. The van der Waals surface area contributed by atoms with Crippen LogP contribution in [0.1, 0.15) is 34.1 Å². The molecular weight excluding hydrogens is 208 g/mol.